The fourth-order valence-electron chi connectivity index (χ4n) is 1.37. The van der Waals surface area contributed by atoms with Gasteiger partial charge in [0.1, 0.15) is 5.65 Å². The van der Waals surface area contributed by atoms with Gasteiger partial charge in [-0.15, -0.1) is 0 Å². The number of aliphatic hydroxyl groups excluding tert-OH is 1. The number of hydrogen-bond donors (Lipinski definition) is 1. The molecule has 0 aliphatic carbocycles. The molecule has 3 nitrogen and oxygen atoms in total. The van der Waals surface area contributed by atoms with E-state index < -0.39 is 0 Å². The van der Waals surface area contributed by atoms with Crippen LogP contribution in [0.4, 0.5) is 0 Å². The highest BCUT2D eigenvalue weighted by molar-refractivity contribution is 5.48. The van der Waals surface area contributed by atoms with Crippen molar-refractivity contribution in [2.45, 2.75) is 13.5 Å². The van der Waals surface area contributed by atoms with E-state index >= 15 is 0 Å². The van der Waals surface area contributed by atoms with Crippen molar-refractivity contribution in [1.82, 2.24) is 9.38 Å². The Bertz CT molecular complexity index is 406. The number of aliphatic hydroxyl groups is 1. The van der Waals surface area contributed by atoms with Crippen molar-refractivity contribution < 1.29 is 5.11 Å². The highest BCUT2D eigenvalue weighted by atomic mass is 16.3. The molecular weight excluding hydrogens is 152 g/mol. The number of fused-ring (bicyclic) bond motifs is 1. The number of rotatable bonds is 1. The molecule has 0 saturated carbocycles. The Morgan fingerprint density at radius 2 is 2.42 bits per heavy atom. The average molecular weight is 162 g/mol. The topological polar surface area (TPSA) is 37.5 Å². The van der Waals surface area contributed by atoms with Gasteiger partial charge < -0.3 is 9.51 Å². The molecule has 62 valence electrons. The van der Waals surface area contributed by atoms with Crippen LogP contribution in [0.1, 0.15) is 11.1 Å². The molecule has 12 heavy (non-hydrogen) atoms. The maximum absolute atomic E-state index is 8.93. The maximum Gasteiger partial charge on any atom is 0.139 e. The van der Waals surface area contributed by atoms with Crippen LogP contribution in [0.15, 0.2) is 24.7 Å². The van der Waals surface area contributed by atoms with Gasteiger partial charge in [-0.3, -0.25) is 0 Å². The van der Waals surface area contributed by atoms with E-state index in [1.165, 1.54) is 0 Å². The lowest BCUT2D eigenvalue weighted by Gasteiger charge is -2.01. The molecule has 0 amide bonds. The summed E-state index contributed by atoms with van der Waals surface area (Å²) >= 11 is 0. The first-order chi connectivity index (χ1) is 5.81. The fraction of sp³-hybridized carbons (Fsp3) is 0.222. The minimum Gasteiger partial charge on any atom is -0.392 e. The Labute approximate surface area is 70.3 Å². The van der Waals surface area contributed by atoms with Crippen LogP contribution >= 0.6 is 0 Å². The van der Waals surface area contributed by atoms with Crippen molar-refractivity contribution in [3.8, 4) is 0 Å². The van der Waals surface area contributed by atoms with Crippen LogP contribution in [0, 0.1) is 6.92 Å². The first-order valence-corrected chi connectivity index (χ1v) is 3.84. The molecule has 0 aliphatic heterocycles. The normalized spacial score (nSPS) is 10.8. The van der Waals surface area contributed by atoms with Gasteiger partial charge in [0.25, 0.3) is 0 Å². The monoisotopic (exact) mass is 162 g/mol. The van der Waals surface area contributed by atoms with E-state index in [0.717, 1.165) is 16.8 Å². The van der Waals surface area contributed by atoms with Crippen LogP contribution in [0.5, 0.6) is 0 Å². The Morgan fingerprint density at radius 1 is 1.58 bits per heavy atom. The van der Waals surface area contributed by atoms with Gasteiger partial charge in [0.2, 0.25) is 0 Å². The summed E-state index contributed by atoms with van der Waals surface area (Å²) in [5, 5.41) is 8.93. The van der Waals surface area contributed by atoms with E-state index in [-0.39, 0.29) is 6.61 Å². The van der Waals surface area contributed by atoms with Gasteiger partial charge in [0.05, 0.1) is 6.61 Å². The summed E-state index contributed by atoms with van der Waals surface area (Å²) in [5.74, 6) is 0. The number of imidazole rings is 1. The van der Waals surface area contributed by atoms with Gasteiger partial charge in [0.15, 0.2) is 0 Å². The fourth-order valence-corrected chi connectivity index (χ4v) is 1.37. The first-order valence-electron chi connectivity index (χ1n) is 3.84. The Kier molecular flexibility index (Phi) is 1.59. The quantitative estimate of drug-likeness (QED) is 0.682. The van der Waals surface area contributed by atoms with Gasteiger partial charge >= 0.3 is 0 Å². The van der Waals surface area contributed by atoms with Crippen LogP contribution in [-0.2, 0) is 6.61 Å². The maximum atomic E-state index is 8.93. The summed E-state index contributed by atoms with van der Waals surface area (Å²) in [6, 6.07) is 1.95. The number of pyridine rings is 1. The molecule has 0 fully saturated rings. The second-order valence-electron chi connectivity index (χ2n) is 2.85. The Balaban J connectivity index is 2.75. The Hall–Kier alpha value is -1.35. The lowest BCUT2D eigenvalue weighted by Crippen LogP contribution is -1.92. The van der Waals surface area contributed by atoms with E-state index in [4.69, 9.17) is 5.11 Å². The first kappa shape index (κ1) is 7.31. The third-order valence-corrected chi connectivity index (χ3v) is 1.91. The summed E-state index contributed by atoms with van der Waals surface area (Å²) in [7, 11) is 0. The largest absolute Gasteiger partial charge is 0.392 e. The predicted octanol–water partition coefficient (Wildman–Crippen LogP) is 1.14. The average Bonchev–Trinajstić information content (AvgIpc) is 2.52. The Morgan fingerprint density at radius 3 is 3.17 bits per heavy atom. The van der Waals surface area contributed by atoms with Crippen molar-refractivity contribution in [1.29, 1.82) is 0 Å². The smallest absolute Gasteiger partial charge is 0.139 e. The van der Waals surface area contributed by atoms with E-state index in [1.54, 1.807) is 6.20 Å². The molecule has 0 unspecified atom stereocenters. The zero-order valence-electron chi connectivity index (χ0n) is 6.86. The standard InChI is InChI=1S/C9H10N2O/c1-7-4-8(6-12)5-11-3-2-10-9(7)11/h2-5,12H,6H2,1H3. The van der Waals surface area contributed by atoms with Crippen molar-refractivity contribution in [3.05, 3.63) is 35.8 Å². The van der Waals surface area contributed by atoms with Crippen LogP contribution in [0.3, 0.4) is 0 Å². The van der Waals surface area contributed by atoms with Gasteiger partial charge in [-0.1, -0.05) is 0 Å². The molecule has 2 aromatic heterocycles. The summed E-state index contributed by atoms with van der Waals surface area (Å²) in [5.41, 5.74) is 2.96. The minimum absolute atomic E-state index is 0.0783. The van der Waals surface area contributed by atoms with Gasteiger partial charge in [0, 0.05) is 18.6 Å². The molecule has 0 radical (unpaired) electrons. The molecule has 2 heterocycles. The molecule has 0 atom stereocenters. The second-order valence-corrected chi connectivity index (χ2v) is 2.85. The number of aromatic nitrogens is 2. The van der Waals surface area contributed by atoms with Crippen molar-refractivity contribution in [2.24, 2.45) is 0 Å². The summed E-state index contributed by atoms with van der Waals surface area (Å²) < 4.78 is 1.92. The zero-order valence-corrected chi connectivity index (χ0v) is 6.86. The molecule has 1 N–H and O–H groups in total. The summed E-state index contributed by atoms with van der Waals surface area (Å²) in [4.78, 5) is 4.17. The van der Waals surface area contributed by atoms with Crippen molar-refractivity contribution >= 4 is 5.65 Å². The summed E-state index contributed by atoms with van der Waals surface area (Å²) in [6.45, 7) is 2.07. The van der Waals surface area contributed by atoms with Crippen LogP contribution in [0.25, 0.3) is 5.65 Å². The SMILES string of the molecule is Cc1cc(CO)cn2ccnc12. The number of nitrogens with zero attached hydrogens (tertiary/aromatic N) is 2. The molecule has 0 aliphatic rings. The van der Waals surface area contributed by atoms with E-state index in [1.807, 2.05) is 29.8 Å². The van der Waals surface area contributed by atoms with Crippen molar-refractivity contribution in [2.75, 3.05) is 0 Å². The van der Waals surface area contributed by atoms with Crippen LogP contribution in [0.2, 0.25) is 0 Å². The molecule has 2 rings (SSSR count). The third-order valence-electron chi connectivity index (χ3n) is 1.91. The van der Waals surface area contributed by atoms with E-state index in [2.05, 4.69) is 4.98 Å². The highest BCUT2D eigenvalue weighted by Gasteiger charge is 1.99. The minimum atomic E-state index is 0.0783. The van der Waals surface area contributed by atoms with Crippen LogP contribution in [-0.4, -0.2) is 14.5 Å². The van der Waals surface area contributed by atoms with E-state index in [9.17, 15) is 0 Å². The molecule has 0 bridgehead atoms. The summed E-state index contributed by atoms with van der Waals surface area (Å²) in [6.07, 6.45) is 5.51. The van der Waals surface area contributed by atoms with Gasteiger partial charge in [-0.2, -0.15) is 0 Å². The number of hydrogen-bond acceptors (Lipinski definition) is 2. The number of aryl methyl sites for hydroxylation is 1. The molecule has 0 aromatic carbocycles. The predicted molar refractivity (Wildman–Crippen MR) is 45.9 cm³/mol. The van der Waals surface area contributed by atoms with Gasteiger partial charge in [-0.05, 0) is 24.1 Å². The lowest BCUT2D eigenvalue weighted by atomic mass is 10.2. The zero-order chi connectivity index (χ0) is 8.55. The highest BCUT2D eigenvalue weighted by Crippen LogP contribution is 2.10. The van der Waals surface area contributed by atoms with Crippen LogP contribution < -0.4 is 0 Å². The molecular formula is C9H10N2O. The lowest BCUT2D eigenvalue weighted by molar-refractivity contribution is 0.281. The van der Waals surface area contributed by atoms with Gasteiger partial charge in [-0.25, -0.2) is 4.98 Å². The second kappa shape index (κ2) is 2.60. The molecule has 0 saturated heterocycles. The molecule has 3 heteroatoms. The van der Waals surface area contributed by atoms with E-state index in [0.29, 0.717) is 0 Å². The molecule has 2 aromatic rings. The van der Waals surface area contributed by atoms with Crippen molar-refractivity contribution in [3.63, 3.8) is 0 Å². The third kappa shape index (κ3) is 0.987. The molecule has 0 spiro atoms.